The smallest absolute Gasteiger partial charge is 0.284 e. The van der Waals surface area contributed by atoms with Crippen LogP contribution in [0, 0.1) is 24.0 Å². The maximum Gasteiger partial charge on any atom is 0.284 e. The highest BCUT2D eigenvalue weighted by atomic mass is 32.1. The van der Waals surface area contributed by atoms with Crippen molar-refractivity contribution in [1.82, 2.24) is 4.98 Å². The number of aryl methyl sites for hydroxylation is 2. The van der Waals surface area contributed by atoms with Crippen molar-refractivity contribution in [1.29, 1.82) is 0 Å². The van der Waals surface area contributed by atoms with Gasteiger partial charge in [0.05, 0.1) is 10.3 Å². The van der Waals surface area contributed by atoms with Crippen LogP contribution in [-0.4, -0.2) is 15.7 Å². The van der Waals surface area contributed by atoms with E-state index < -0.39 is 4.92 Å². The van der Waals surface area contributed by atoms with Crippen LogP contribution < -0.4 is 5.56 Å². The zero-order chi connectivity index (χ0) is 21.4. The summed E-state index contributed by atoms with van der Waals surface area (Å²) < 4.78 is 5.81. The zero-order valence-corrected chi connectivity index (χ0v) is 17.0. The first-order valence-electron chi connectivity index (χ1n) is 9.11. The molecule has 0 saturated heterocycles. The summed E-state index contributed by atoms with van der Waals surface area (Å²) in [6, 6.07) is 12.4. The van der Waals surface area contributed by atoms with E-state index in [1.807, 2.05) is 13.8 Å². The Morgan fingerprint density at radius 2 is 1.87 bits per heavy atom. The topological polar surface area (TPSA) is 103 Å². The predicted molar refractivity (Wildman–Crippen MR) is 113 cm³/mol. The third-order valence-electron chi connectivity index (χ3n) is 4.89. The highest BCUT2D eigenvalue weighted by Gasteiger charge is 2.16. The number of fused-ring (bicyclic) bond motifs is 1. The van der Waals surface area contributed by atoms with Crippen molar-refractivity contribution in [3.8, 4) is 0 Å². The van der Waals surface area contributed by atoms with E-state index in [9.17, 15) is 19.7 Å². The molecule has 30 heavy (non-hydrogen) atoms. The molecule has 4 rings (SSSR count). The van der Waals surface area contributed by atoms with Gasteiger partial charge >= 0.3 is 0 Å². The van der Waals surface area contributed by atoms with Crippen molar-refractivity contribution in [2.24, 2.45) is 0 Å². The second kappa shape index (κ2) is 7.64. The van der Waals surface area contributed by atoms with Crippen LogP contribution in [-0.2, 0) is 6.42 Å². The van der Waals surface area contributed by atoms with E-state index in [-0.39, 0.29) is 22.6 Å². The van der Waals surface area contributed by atoms with Gasteiger partial charge in [0.2, 0.25) is 5.89 Å². The molecule has 0 aliphatic carbocycles. The second-order valence-electron chi connectivity index (χ2n) is 6.87. The molecule has 7 nitrogen and oxygen atoms in total. The molecule has 0 saturated carbocycles. The van der Waals surface area contributed by atoms with Crippen LogP contribution in [0.1, 0.15) is 37.8 Å². The molecule has 0 unspecified atom stereocenters. The van der Waals surface area contributed by atoms with Crippen LogP contribution in [0.5, 0.6) is 0 Å². The van der Waals surface area contributed by atoms with Crippen LogP contribution >= 0.6 is 11.3 Å². The van der Waals surface area contributed by atoms with Gasteiger partial charge in [0.25, 0.3) is 11.2 Å². The van der Waals surface area contributed by atoms with Gasteiger partial charge in [-0.1, -0.05) is 36.4 Å². The van der Waals surface area contributed by atoms with Crippen molar-refractivity contribution < 1.29 is 14.1 Å². The van der Waals surface area contributed by atoms with Crippen molar-refractivity contribution in [2.45, 2.75) is 20.3 Å². The fraction of sp³-hybridized carbons (Fsp3) is 0.136. The van der Waals surface area contributed by atoms with E-state index in [1.54, 1.807) is 30.3 Å². The molecule has 0 radical (unpaired) electrons. The molecule has 2 aromatic heterocycles. The Labute approximate surface area is 174 Å². The summed E-state index contributed by atoms with van der Waals surface area (Å²) in [5.41, 5.74) is 1.95. The molecule has 0 bridgehead atoms. The SMILES string of the molecule is Cc1sc2oc(Cc3ccc(C(=O)c4cccc([N+](=O)[O-])c4)cc3)nc(=O)c2c1C. The quantitative estimate of drug-likeness (QED) is 0.266. The molecule has 0 N–H and O–H groups in total. The molecule has 0 amide bonds. The molecule has 0 atom stereocenters. The van der Waals surface area contributed by atoms with Crippen LogP contribution in [0.15, 0.2) is 57.7 Å². The number of carbonyl (C=O) groups excluding carboxylic acids is 1. The maximum absolute atomic E-state index is 12.6. The number of thiophene rings is 1. The molecule has 8 heteroatoms. The molecule has 0 aliphatic rings. The number of nitrogens with zero attached hydrogens (tertiary/aromatic N) is 2. The van der Waals surface area contributed by atoms with Gasteiger partial charge in [-0.05, 0) is 25.0 Å². The van der Waals surface area contributed by atoms with Crippen molar-refractivity contribution in [2.75, 3.05) is 0 Å². The summed E-state index contributed by atoms with van der Waals surface area (Å²) in [7, 11) is 0. The fourth-order valence-electron chi connectivity index (χ4n) is 3.17. The molecule has 0 aliphatic heterocycles. The van der Waals surface area contributed by atoms with Gasteiger partial charge in [-0.25, -0.2) is 0 Å². The molecule has 0 fully saturated rings. The number of hydrogen-bond donors (Lipinski definition) is 0. The normalized spacial score (nSPS) is 11.0. The van der Waals surface area contributed by atoms with Gasteiger partial charge in [-0.15, -0.1) is 11.3 Å². The number of non-ortho nitro benzene ring substituents is 1. The van der Waals surface area contributed by atoms with Crippen LogP contribution in [0.3, 0.4) is 0 Å². The number of rotatable bonds is 5. The minimum absolute atomic E-state index is 0.131. The monoisotopic (exact) mass is 420 g/mol. The largest absolute Gasteiger partial charge is 0.431 e. The number of nitro benzene ring substituents is 1. The standard InChI is InChI=1S/C22H16N2O5S/c1-12-13(2)30-22-19(12)21(26)23-18(29-22)10-14-6-8-15(9-7-14)20(25)16-4-3-5-17(11-16)24(27)28/h3-9,11H,10H2,1-2H3. The van der Waals surface area contributed by atoms with Gasteiger partial charge in [-0.3, -0.25) is 19.7 Å². The first-order valence-corrected chi connectivity index (χ1v) is 9.93. The number of carbonyl (C=O) groups is 1. The van der Waals surface area contributed by atoms with Crippen molar-refractivity contribution in [3.05, 3.63) is 102 Å². The molecule has 2 aromatic carbocycles. The Balaban J connectivity index is 1.58. The van der Waals surface area contributed by atoms with Crippen LogP contribution in [0.4, 0.5) is 5.69 Å². The lowest BCUT2D eigenvalue weighted by Gasteiger charge is -2.04. The third kappa shape index (κ3) is 3.65. The molecular formula is C22H16N2O5S. The average molecular weight is 420 g/mol. The summed E-state index contributed by atoms with van der Waals surface area (Å²) in [4.78, 5) is 41.0. The van der Waals surface area contributed by atoms with Crippen molar-refractivity contribution >= 4 is 33.1 Å². The lowest BCUT2D eigenvalue weighted by Crippen LogP contribution is -2.09. The summed E-state index contributed by atoms with van der Waals surface area (Å²) >= 11 is 1.43. The van der Waals surface area contributed by atoms with Gasteiger partial charge in [0.1, 0.15) is 0 Å². The van der Waals surface area contributed by atoms with Crippen LogP contribution in [0.2, 0.25) is 0 Å². The Morgan fingerprint density at radius 3 is 2.57 bits per heavy atom. The summed E-state index contributed by atoms with van der Waals surface area (Å²) in [5, 5.41) is 11.4. The Kier molecular flexibility index (Phi) is 5.01. The highest BCUT2D eigenvalue weighted by Crippen LogP contribution is 2.28. The van der Waals surface area contributed by atoms with Gasteiger partial charge in [0.15, 0.2) is 10.7 Å². The van der Waals surface area contributed by atoms with E-state index in [1.165, 1.54) is 29.5 Å². The molecule has 150 valence electrons. The first-order chi connectivity index (χ1) is 14.3. The lowest BCUT2D eigenvalue weighted by atomic mass is 10.0. The lowest BCUT2D eigenvalue weighted by molar-refractivity contribution is -0.384. The van der Waals surface area contributed by atoms with E-state index in [0.717, 1.165) is 16.0 Å². The van der Waals surface area contributed by atoms with E-state index in [0.29, 0.717) is 28.2 Å². The van der Waals surface area contributed by atoms with Gasteiger partial charge < -0.3 is 4.42 Å². The highest BCUT2D eigenvalue weighted by molar-refractivity contribution is 7.18. The fourth-order valence-corrected chi connectivity index (χ4v) is 4.18. The number of hydrogen-bond acceptors (Lipinski definition) is 7. The van der Waals surface area contributed by atoms with Gasteiger partial charge in [0, 0.05) is 34.6 Å². The van der Waals surface area contributed by atoms with E-state index in [4.69, 9.17) is 4.42 Å². The van der Waals surface area contributed by atoms with E-state index in [2.05, 4.69) is 4.98 Å². The molecule has 2 heterocycles. The molecule has 4 aromatic rings. The Bertz CT molecular complexity index is 1350. The minimum Gasteiger partial charge on any atom is -0.431 e. The van der Waals surface area contributed by atoms with Crippen molar-refractivity contribution in [3.63, 3.8) is 0 Å². The summed E-state index contributed by atoms with van der Waals surface area (Å²) in [6.45, 7) is 3.81. The minimum atomic E-state index is -0.534. The second-order valence-corrected chi connectivity index (χ2v) is 8.06. The van der Waals surface area contributed by atoms with Gasteiger partial charge in [-0.2, -0.15) is 4.98 Å². The zero-order valence-electron chi connectivity index (χ0n) is 16.2. The summed E-state index contributed by atoms with van der Waals surface area (Å²) in [6.07, 6.45) is 0.312. The number of benzene rings is 2. The molecular weight excluding hydrogens is 404 g/mol. The van der Waals surface area contributed by atoms with E-state index >= 15 is 0 Å². The Hall–Kier alpha value is -3.65. The third-order valence-corrected chi connectivity index (χ3v) is 5.98. The average Bonchev–Trinajstić information content (AvgIpc) is 3.02. The van der Waals surface area contributed by atoms with Crippen LogP contribution in [0.25, 0.3) is 10.3 Å². The maximum atomic E-state index is 12.6. The predicted octanol–water partition coefficient (Wildman–Crippen LogP) is 4.60. The number of aromatic nitrogens is 1. The number of nitro groups is 1. The number of ketones is 1. The first kappa shape index (κ1) is 19.7. The molecule has 0 spiro atoms. The summed E-state index contributed by atoms with van der Waals surface area (Å²) in [5.74, 6) is 0.00683. The Morgan fingerprint density at radius 1 is 1.13 bits per heavy atom.